The zero-order valence-electron chi connectivity index (χ0n) is 14.3. The number of piperidine rings is 1. The van der Waals surface area contributed by atoms with Gasteiger partial charge < -0.3 is 15.0 Å². The maximum Gasteiger partial charge on any atom is 0.422 e. The lowest BCUT2D eigenvalue weighted by Crippen LogP contribution is -2.48. The minimum Gasteiger partial charge on any atom is -0.468 e. The van der Waals surface area contributed by atoms with E-state index in [1.165, 1.54) is 18.3 Å². The first kappa shape index (κ1) is 18.9. The van der Waals surface area contributed by atoms with Crippen LogP contribution in [0.3, 0.4) is 0 Å². The molecule has 1 aliphatic rings. The SMILES string of the molecule is O=C(NC1CCCN(c2ncccn2)C1)c1ccc(OCC(F)(F)F)nc1. The minimum atomic E-state index is -4.44. The first-order valence-corrected chi connectivity index (χ1v) is 8.39. The first-order chi connectivity index (χ1) is 12.9. The van der Waals surface area contributed by atoms with E-state index in [1.807, 2.05) is 4.90 Å². The van der Waals surface area contributed by atoms with Crippen molar-refractivity contribution in [2.45, 2.75) is 25.1 Å². The van der Waals surface area contributed by atoms with E-state index in [1.54, 1.807) is 18.5 Å². The van der Waals surface area contributed by atoms with Crippen molar-refractivity contribution >= 4 is 11.9 Å². The predicted molar refractivity (Wildman–Crippen MR) is 90.5 cm³/mol. The number of aromatic nitrogens is 3. The zero-order chi connectivity index (χ0) is 19.3. The largest absolute Gasteiger partial charge is 0.468 e. The second kappa shape index (κ2) is 8.19. The Morgan fingerprint density at radius 1 is 1.26 bits per heavy atom. The van der Waals surface area contributed by atoms with Gasteiger partial charge in [0.2, 0.25) is 11.8 Å². The maximum absolute atomic E-state index is 12.4. The van der Waals surface area contributed by atoms with Gasteiger partial charge in [0.15, 0.2) is 6.61 Å². The summed E-state index contributed by atoms with van der Waals surface area (Å²) in [5, 5.41) is 2.91. The molecule has 0 bridgehead atoms. The number of hydrogen-bond donors (Lipinski definition) is 1. The van der Waals surface area contributed by atoms with Gasteiger partial charge in [-0.1, -0.05) is 0 Å². The Bertz CT molecular complexity index is 755. The van der Waals surface area contributed by atoms with E-state index in [4.69, 9.17) is 0 Å². The highest BCUT2D eigenvalue weighted by atomic mass is 19.4. The van der Waals surface area contributed by atoms with E-state index in [-0.39, 0.29) is 23.4 Å². The number of carbonyl (C=O) groups excluding carboxylic acids is 1. The molecule has 2 aromatic heterocycles. The van der Waals surface area contributed by atoms with Crippen LogP contribution in [0.2, 0.25) is 0 Å². The summed E-state index contributed by atoms with van der Waals surface area (Å²) >= 11 is 0. The second-order valence-corrected chi connectivity index (χ2v) is 6.10. The van der Waals surface area contributed by atoms with Crippen molar-refractivity contribution in [2.24, 2.45) is 0 Å². The molecule has 1 N–H and O–H groups in total. The predicted octanol–water partition coefficient (Wildman–Crippen LogP) is 2.21. The molecule has 0 aliphatic carbocycles. The highest BCUT2D eigenvalue weighted by Gasteiger charge is 2.28. The summed E-state index contributed by atoms with van der Waals surface area (Å²) in [7, 11) is 0. The van der Waals surface area contributed by atoms with Crippen molar-refractivity contribution in [2.75, 3.05) is 24.6 Å². The number of nitrogens with one attached hydrogen (secondary N) is 1. The summed E-state index contributed by atoms with van der Waals surface area (Å²) in [6.07, 6.45) is 1.78. The van der Waals surface area contributed by atoms with Crippen molar-refractivity contribution in [3.8, 4) is 5.88 Å². The molecule has 0 aromatic carbocycles. The van der Waals surface area contributed by atoms with E-state index in [0.29, 0.717) is 12.5 Å². The Morgan fingerprint density at radius 3 is 2.70 bits per heavy atom. The van der Waals surface area contributed by atoms with Gasteiger partial charge in [-0.3, -0.25) is 4.79 Å². The molecule has 10 heteroatoms. The van der Waals surface area contributed by atoms with Gasteiger partial charge in [-0.15, -0.1) is 0 Å². The number of amides is 1. The number of rotatable bonds is 5. The van der Waals surface area contributed by atoms with Gasteiger partial charge in [0.05, 0.1) is 5.56 Å². The fourth-order valence-corrected chi connectivity index (χ4v) is 2.76. The molecule has 1 amide bonds. The standard InChI is InChI=1S/C17H18F3N5O2/c18-17(19,20)11-27-14-5-4-12(9-23-14)15(26)24-13-3-1-8-25(10-13)16-21-6-2-7-22-16/h2,4-7,9,13H,1,3,8,10-11H2,(H,24,26). The van der Waals surface area contributed by atoms with E-state index in [0.717, 1.165) is 19.4 Å². The van der Waals surface area contributed by atoms with Crippen LogP contribution in [0.5, 0.6) is 5.88 Å². The van der Waals surface area contributed by atoms with Crippen molar-refractivity contribution < 1.29 is 22.7 Å². The molecule has 0 saturated carbocycles. The molecule has 3 rings (SSSR count). The summed E-state index contributed by atoms with van der Waals surface area (Å²) in [6, 6.07) is 4.28. The highest BCUT2D eigenvalue weighted by molar-refractivity contribution is 5.94. The molecule has 1 aliphatic heterocycles. The number of ether oxygens (including phenoxy) is 1. The maximum atomic E-state index is 12.4. The van der Waals surface area contributed by atoms with Crippen LogP contribution in [-0.2, 0) is 0 Å². The lowest BCUT2D eigenvalue weighted by Gasteiger charge is -2.33. The fourth-order valence-electron chi connectivity index (χ4n) is 2.76. The first-order valence-electron chi connectivity index (χ1n) is 8.39. The molecule has 3 heterocycles. The molecular formula is C17H18F3N5O2. The molecule has 1 saturated heterocycles. The number of pyridine rings is 1. The topological polar surface area (TPSA) is 80.2 Å². The van der Waals surface area contributed by atoms with E-state index < -0.39 is 12.8 Å². The second-order valence-electron chi connectivity index (χ2n) is 6.10. The average Bonchev–Trinajstić information content (AvgIpc) is 2.67. The molecule has 2 aromatic rings. The number of hydrogen-bond acceptors (Lipinski definition) is 6. The number of carbonyl (C=O) groups is 1. The van der Waals surface area contributed by atoms with Crippen LogP contribution in [0, 0.1) is 0 Å². The Labute approximate surface area is 153 Å². The lowest BCUT2D eigenvalue weighted by atomic mass is 10.1. The van der Waals surface area contributed by atoms with Crippen LogP contribution in [0.1, 0.15) is 23.2 Å². The summed E-state index contributed by atoms with van der Waals surface area (Å²) < 4.78 is 40.9. The molecule has 144 valence electrons. The third kappa shape index (κ3) is 5.53. The number of anilines is 1. The van der Waals surface area contributed by atoms with Gasteiger partial charge in [-0.25, -0.2) is 15.0 Å². The third-order valence-corrected chi connectivity index (χ3v) is 3.97. The van der Waals surface area contributed by atoms with Crippen LogP contribution in [0.4, 0.5) is 19.1 Å². The molecule has 0 spiro atoms. The Hall–Kier alpha value is -2.91. The summed E-state index contributed by atoms with van der Waals surface area (Å²) in [5.41, 5.74) is 0.252. The van der Waals surface area contributed by atoms with Gasteiger partial charge >= 0.3 is 6.18 Å². The Kier molecular flexibility index (Phi) is 5.72. The average molecular weight is 381 g/mol. The van der Waals surface area contributed by atoms with Gasteiger partial charge in [0.25, 0.3) is 5.91 Å². The quantitative estimate of drug-likeness (QED) is 0.856. The van der Waals surface area contributed by atoms with Crippen molar-refractivity contribution in [1.82, 2.24) is 20.3 Å². The van der Waals surface area contributed by atoms with Crippen LogP contribution < -0.4 is 15.0 Å². The Morgan fingerprint density at radius 2 is 2.04 bits per heavy atom. The van der Waals surface area contributed by atoms with Crippen molar-refractivity contribution in [3.63, 3.8) is 0 Å². The third-order valence-electron chi connectivity index (χ3n) is 3.97. The van der Waals surface area contributed by atoms with Crippen LogP contribution in [0.15, 0.2) is 36.8 Å². The van der Waals surface area contributed by atoms with Gasteiger partial charge in [0.1, 0.15) is 0 Å². The number of nitrogens with zero attached hydrogens (tertiary/aromatic N) is 4. The van der Waals surface area contributed by atoms with E-state index >= 15 is 0 Å². The van der Waals surface area contributed by atoms with Crippen LogP contribution in [0.25, 0.3) is 0 Å². The van der Waals surface area contributed by atoms with Crippen molar-refractivity contribution in [3.05, 3.63) is 42.4 Å². The summed E-state index contributed by atoms with van der Waals surface area (Å²) in [4.78, 5) is 26.5. The number of halogens is 3. The molecular weight excluding hydrogens is 363 g/mol. The smallest absolute Gasteiger partial charge is 0.422 e. The van der Waals surface area contributed by atoms with Crippen LogP contribution in [-0.4, -0.2) is 52.8 Å². The highest BCUT2D eigenvalue weighted by Crippen LogP contribution is 2.18. The molecule has 0 radical (unpaired) electrons. The van der Waals surface area contributed by atoms with Gasteiger partial charge in [0, 0.05) is 43.8 Å². The fraction of sp³-hybridized carbons (Fsp3) is 0.412. The molecule has 1 fully saturated rings. The summed E-state index contributed by atoms with van der Waals surface area (Å²) in [5.74, 6) is 0.0870. The monoisotopic (exact) mass is 381 g/mol. The molecule has 7 nitrogen and oxygen atoms in total. The van der Waals surface area contributed by atoms with Gasteiger partial charge in [-0.05, 0) is 25.0 Å². The normalized spacial score (nSPS) is 17.4. The lowest BCUT2D eigenvalue weighted by molar-refractivity contribution is -0.154. The van der Waals surface area contributed by atoms with Gasteiger partial charge in [-0.2, -0.15) is 13.2 Å². The minimum absolute atomic E-state index is 0.0868. The molecule has 27 heavy (non-hydrogen) atoms. The summed E-state index contributed by atoms with van der Waals surface area (Å²) in [6.45, 7) is -0.0376. The van der Waals surface area contributed by atoms with Crippen molar-refractivity contribution in [1.29, 1.82) is 0 Å². The van der Waals surface area contributed by atoms with Crippen LogP contribution >= 0.6 is 0 Å². The van der Waals surface area contributed by atoms with E-state index in [9.17, 15) is 18.0 Å². The molecule has 1 unspecified atom stereocenters. The van der Waals surface area contributed by atoms with E-state index in [2.05, 4.69) is 25.0 Å². The Balaban J connectivity index is 1.55. The zero-order valence-corrected chi connectivity index (χ0v) is 14.3. The number of alkyl halides is 3. The molecule has 1 atom stereocenters.